The van der Waals surface area contributed by atoms with Gasteiger partial charge in [0.25, 0.3) is 0 Å². The lowest BCUT2D eigenvalue weighted by Gasteiger charge is -2.12. The molecule has 0 saturated heterocycles. The molecular weight excluding hydrogens is 299 g/mol. The van der Waals surface area contributed by atoms with Crippen molar-refractivity contribution in [3.8, 4) is 0 Å². The number of benzene rings is 2. The number of carbonyl (C=O) groups excluding carboxylic acids is 2. The number of anilines is 1. The number of nitrogens with one attached hydrogen (secondary N) is 2. The second kappa shape index (κ2) is 7.51. The smallest absolute Gasteiger partial charge is 0.313 e. The molecule has 0 heterocycles. The molecule has 6 heteroatoms. The molecular formula is C17H17FN2O3. The topological polar surface area (TPSA) is 78.4 Å². The van der Waals surface area contributed by atoms with E-state index in [2.05, 4.69) is 10.6 Å². The van der Waals surface area contributed by atoms with Gasteiger partial charge in [-0.25, -0.2) is 4.39 Å². The summed E-state index contributed by atoms with van der Waals surface area (Å²) in [5.41, 5.74) is 1.58. The van der Waals surface area contributed by atoms with Gasteiger partial charge in [0, 0.05) is 17.8 Å². The minimum Gasteiger partial charge on any atom is -0.389 e. The lowest BCUT2D eigenvalue weighted by atomic mass is 10.1. The first kappa shape index (κ1) is 16.6. The quantitative estimate of drug-likeness (QED) is 0.756. The Hall–Kier alpha value is -2.73. The normalized spacial score (nSPS) is 11.6. The molecule has 2 rings (SSSR count). The van der Waals surface area contributed by atoms with E-state index in [-0.39, 0.29) is 12.4 Å². The average molecular weight is 316 g/mol. The van der Waals surface area contributed by atoms with Crippen LogP contribution >= 0.6 is 0 Å². The Morgan fingerprint density at radius 1 is 1.09 bits per heavy atom. The highest BCUT2D eigenvalue weighted by molar-refractivity contribution is 6.39. The van der Waals surface area contributed by atoms with Crippen LogP contribution in [0.4, 0.5) is 10.1 Å². The van der Waals surface area contributed by atoms with E-state index in [0.717, 1.165) is 0 Å². The molecule has 2 amide bonds. The van der Waals surface area contributed by atoms with Gasteiger partial charge in [-0.05, 0) is 30.7 Å². The summed E-state index contributed by atoms with van der Waals surface area (Å²) in [6.07, 6.45) is -0.770. The van der Waals surface area contributed by atoms with Gasteiger partial charge in [-0.3, -0.25) is 9.59 Å². The predicted octanol–water partition coefficient (Wildman–Crippen LogP) is 2.13. The minimum absolute atomic E-state index is 0.116. The molecule has 23 heavy (non-hydrogen) atoms. The van der Waals surface area contributed by atoms with E-state index in [9.17, 15) is 19.1 Å². The summed E-state index contributed by atoms with van der Waals surface area (Å²) >= 11 is 0. The van der Waals surface area contributed by atoms with Crippen LogP contribution in [-0.4, -0.2) is 16.9 Å². The lowest BCUT2D eigenvalue weighted by Crippen LogP contribution is -2.35. The Labute approximate surface area is 133 Å². The predicted molar refractivity (Wildman–Crippen MR) is 84.0 cm³/mol. The maximum absolute atomic E-state index is 12.8. The van der Waals surface area contributed by atoms with E-state index in [1.807, 2.05) is 0 Å². The number of para-hydroxylation sites is 1. The van der Waals surface area contributed by atoms with Crippen molar-refractivity contribution in [1.29, 1.82) is 0 Å². The van der Waals surface area contributed by atoms with Crippen molar-refractivity contribution in [1.82, 2.24) is 5.32 Å². The Kier molecular flexibility index (Phi) is 5.43. The van der Waals surface area contributed by atoms with Crippen molar-refractivity contribution in [2.45, 2.75) is 19.6 Å². The van der Waals surface area contributed by atoms with Gasteiger partial charge in [0.2, 0.25) is 0 Å². The van der Waals surface area contributed by atoms with Crippen molar-refractivity contribution in [2.24, 2.45) is 0 Å². The second-order valence-electron chi connectivity index (χ2n) is 5.03. The molecule has 0 saturated carbocycles. The third-order valence-electron chi connectivity index (χ3n) is 3.23. The fraction of sp³-hybridized carbons (Fsp3) is 0.176. The largest absolute Gasteiger partial charge is 0.389 e. The summed E-state index contributed by atoms with van der Waals surface area (Å²) in [4.78, 5) is 23.7. The summed E-state index contributed by atoms with van der Waals surface area (Å²) in [5, 5.41) is 14.6. The third-order valence-corrected chi connectivity index (χ3v) is 3.23. The standard InChI is InChI=1S/C17H17FN2O3/c1-11(21)14-4-2-3-5-15(14)20-17(23)16(22)19-10-12-6-8-13(18)9-7-12/h2-9,11,21H,10H2,1H3,(H,19,22)(H,20,23). The van der Waals surface area contributed by atoms with Crippen LogP contribution in [0, 0.1) is 5.82 Å². The molecule has 0 fully saturated rings. The zero-order valence-corrected chi connectivity index (χ0v) is 12.5. The molecule has 0 aromatic heterocycles. The van der Waals surface area contributed by atoms with Gasteiger partial charge in [-0.2, -0.15) is 0 Å². The van der Waals surface area contributed by atoms with E-state index in [0.29, 0.717) is 16.8 Å². The average Bonchev–Trinajstić information content (AvgIpc) is 2.54. The van der Waals surface area contributed by atoms with Crippen molar-refractivity contribution >= 4 is 17.5 Å². The molecule has 2 aromatic carbocycles. The van der Waals surface area contributed by atoms with Gasteiger partial charge in [0.15, 0.2) is 0 Å². The number of hydrogen-bond donors (Lipinski definition) is 3. The number of aliphatic hydroxyl groups is 1. The van der Waals surface area contributed by atoms with Crippen LogP contribution in [0.25, 0.3) is 0 Å². The summed E-state index contributed by atoms with van der Waals surface area (Å²) in [7, 11) is 0. The van der Waals surface area contributed by atoms with Crippen molar-refractivity contribution in [2.75, 3.05) is 5.32 Å². The van der Waals surface area contributed by atoms with Gasteiger partial charge in [0.1, 0.15) is 5.82 Å². The fourth-order valence-corrected chi connectivity index (χ4v) is 2.02. The molecule has 0 aliphatic rings. The number of amides is 2. The summed E-state index contributed by atoms with van der Waals surface area (Å²) in [6, 6.07) is 12.3. The molecule has 0 aliphatic carbocycles. The van der Waals surface area contributed by atoms with Crippen LogP contribution in [0.1, 0.15) is 24.2 Å². The molecule has 120 valence electrons. The summed E-state index contributed by atoms with van der Waals surface area (Å²) in [6.45, 7) is 1.68. The number of carbonyl (C=O) groups is 2. The highest BCUT2D eigenvalue weighted by atomic mass is 19.1. The molecule has 1 atom stereocenters. The number of hydrogen-bond acceptors (Lipinski definition) is 3. The Morgan fingerprint density at radius 2 is 1.74 bits per heavy atom. The lowest BCUT2D eigenvalue weighted by molar-refractivity contribution is -0.136. The molecule has 3 N–H and O–H groups in total. The highest BCUT2D eigenvalue weighted by Gasteiger charge is 2.16. The van der Waals surface area contributed by atoms with Crippen LogP contribution in [0.2, 0.25) is 0 Å². The monoisotopic (exact) mass is 316 g/mol. The van der Waals surface area contributed by atoms with E-state index in [1.165, 1.54) is 24.3 Å². The van der Waals surface area contributed by atoms with Gasteiger partial charge in [-0.15, -0.1) is 0 Å². The Bertz CT molecular complexity index is 699. The molecule has 2 aromatic rings. The van der Waals surface area contributed by atoms with Crippen LogP contribution in [0.15, 0.2) is 48.5 Å². The minimum atomic E-state index is -0.833. The second-order valence-corrected chi connectivity index (χ2v) is 5.03. The summed E-state index contributed by atoms with van der Waals surface area (Å²) < 4.78 is 12.8. The van der Waals surface area contributed by atoms with Crippen molar-refractivity contribution in [3.63, 3.8) is 0 Å². The maximum Gasteiger partial charge on any atom is 0.313 e. The third kappa shape index (κ3) is 4.62. The zero-order valence-electron chi connectivity index (χ0n) is 12.5. The van der Waals surface area contributed by atoms with Gasteiger partial charge >= 0.3 is 11.8 Å². The Balaban J connectivity index is 1.95. The van der Waals surface area contributed by atoms with E-state index >= 15 is 0 Å². The first-order chi connectivity index (χ1) is 11.0. The maximum atomic E-state index is 12.8. The van der Waals surface area contributed by atoms with E-state index < -0.39 is 17.9 Å². The first-order valence-corrected chi connectivity index (χ1v) is 7.08. The van der Waals surface area contributed by atoms with Crippen LogP contribution in [0.5, 0.6) is 0 Å². The molecule has 0 radical (unpaired) electrons. The Morgan fingerprint density at radius 3 is 2.39 bits per heavy atom. The van der Waals surface area contributed by atoms with Crippen molar-refractivity contribution in [3.05, 3.63) is 65.5 Å². The highest BCUT2D eigenvalue weighted by Crippen LogP contribution is 2.21. The molecule has 0 aliphatic heterocycles. The SMILES string of the molecule is CC(O)c1ccccc1NC(=O)C(=O)NCc1ccc(F)cc1. The number of aliphatic hydroxyl groups excluding tert-OH is 1. The molecule has 0 spiro atoms. The van der Waals surface area contributed by atoms with Gasteiger partial charge in [0.05, 0.1) is 6.10 Å². The zero-order chi connectivity index (χ0) is 16.8. The van der Waals surface area contributed by atoms with Gasteiger partial charge in [-0.1, -0.05) is 30.3 Å². The number of halogens is 1. The number of rotatable bonds is 4. The molecule has 0 bridgehead atoms. The van der Waals surface area contributed by atoms with Gasteiger partial charge < -0.3 is 15.7 Å². The van der Waals surface area contributed by atoms with E-state index in [1.54, 1.807) is 31.2 Å². The molecule has 5 nitrogen and oxygen atoms in total. The summed E-state index contributed by atoms with van der Waals surface area (Å²) in [5.74, 6) is -2.01. The van der Waals surface area contributed by atoms with Crippen molar-refractivity contribution < 1.29 is 19.1 Å². The molecule has 1 unspecified atom stereocenters. The van der Waals surface area contributed by atoms with Crippen LogP contribution < -0.4 is 10.6 Å². The van der Waals surface area contributed by atoms with Crippen LogP contribution in [-0.2, 0) is 16.1 Å². The van der Waals surface area contributed by atoms with E-state index in [4.69, 9.17) is 0 Å². The first-order valence-electron chi connectivity index (χ1n) is 7.08. The van der Waals surface area contributed by atoms with Crippen LogP contribution in [0.3, 0.4) is 0 Å². The fourth-order valence-electron chi connectivity index (χ4n) is 2.02.